The number of hydrogen-bond donors (Lipinski definition) is 0. The molecule has 2 aliphatic heterocycles. The van der Waals surface area contributed by atoms with E-state index in [2.05, 4.69) is 109 Å². The molecule has 2 nitrogen and oxygen atoms in total. The van der Waals surface area contributed by atoms with Gasteiger partial charge in [0.15, 0.2) is 0 Å². The summed E-state index contributed by atoms with van der Waals surface area (Å²) < 4.78 is 13.6. The predicted octanol–water partition coefficient (Wildman–Crippen LogP) is 8.65. The molecule has 4 heteroatoms. The normalized spacial score (nSPS) is 16.1. The fraction of sp³-hybridized carbons (Fsp3) is 0. The van der Waals surface area contributed by atoms with Gasteiger partial charge in [0.1, 0.15) is 23.0 Å². The summed E-state index contributed by atoms with van der Waals surface area (Å²) in [6, 6.07) is 45.7. The minimum Gasteiger partial charge on any atom is -0.455 e. The second-order valence-electron chi connectivity index (χ2n) is 10.0. The number of fused-ring (bicyclic) bond motifs is 4. The molecule has 6 aromatic carbocycles. The molecule has 1 atom stereocenters. The lowest BCUT2D eigenvalue weighted by Crippen LogP contribution is -2.35. The maximum Gasteiger partial charge on any atom is 0.148 e. The molecule has 2 heterocycles. The first-order chi connectivity index (χ1) is 19.7. The van der Waals surface area contributed by atoms with E-state index in [1.807, 2.05) is 30.3 Å². The van der Waals surface area contributed by atoms with Crippen LogP contribution in [0.15, 0.2) is 140 Å². The topological polar surface area (TPSA) is 18.5 Å². The lowest BCUT2D eigenvalue weighted by molar-refractivity contribution is 0.469. The van der Waals surface area contributed by atoms with Gasteiger partial charge in [0.25, 0.3) is 0 Å². The van der Waals surface area contributed by atoms with Crippen LogP contribution in [-0.2, 0) is 11.8 Å². The SMILES string of the molecule is S=P12c3ccccc3Oc3c(-c4ccccc4)cc(-c4ccccc4)c(c31)Oc1ccc(-c3ccccc3)cc12. The molecule has 0 N–H and O–H groups in total. The molecule has 0 amide bonds. The number of para-hydroxylation sites is 1. The van der Waals surface area contributed by atoms with E-state index >= 15 is 0 Å². The van der Waals surface area contributed by atoms with Crippen LogP contribution in [0, 0.1) is 0 Å². The van der Waals surface area contributed by atoms with Gasteiger partial charge >= 0.3 is 0 Å². The molecule has 0 bridgehead atoms. The molecule has 0 saturated heterocycles. The van der Waals surface area contributed by atoms with Gasteiger partial charge in [-0.2, -0.15) is 0 Å². The van der Waals surface area contributed by atoms with E-state index in [0.29, 0.717) is 0 Å². The van der Waals surface area contributed by atoms with Crippen molar-refractivity contribution in [2.24, 2.45) is 0 Å². The van der Waals surface area contributed by atoms with E-state index < -0.39 is 6.04 Å². The highest BCUT2D eigenvalue weighted by Crippen LogP contribution is 2.62. The first kappa shape index (κ1) is 23.5. The third kappa shape index (κ3) is 3.45. The Morgan fingerprint density at radius 3 is 1.52 bits per heavy atom. The Balaban J connectivity index is 1.50. The standard InChI is InChI=1S/C36H23O2PS/c40-39-32-19-11-10-18-30(32)37-34-28(25-14-6-2-7-15-25)23-29(26-16-8-3-9-17-26)35(36(34)39)38-31-21-20-27(22-33(31)39)24-12-4-1-5-13-24/h1-23H. The minimum atomic E-state index is -2.57. The van der Waals surface area contributed by atoms with Crippen molar-refractivity contribution in [2.75, 3.05) is 0 Å². The largest absolute Gasteiger partial charge is 0.455 e. The third-order valence-electron chi connectivity index (χ3n) is 7.73. The third-order valence-corrected chi connectivity index (χ3v) is 12.6. The summed E-state index contributed by atoms with van der Waals surface area (Å²) in [5, 5.41) is 3.13. The van der Waals surface area contributed by atoms with E-state index in [1.165, 1.54) is 0 Å². The summed E-state index contributed by atoms with van der Waals surface area (Å²) in [6.07, 6.45) is 0. The number of rotatable bonds is 3. The van der Waals surface area contributed by atoms with Crippen LogP contribution in [0.1, 0.15) is 0 Å². The molecule has 40 heavy (non-hydrogen) atoms. The zero-order valence-electron chi connectivity index (χ0n) is 21.5. The van der Waals surface area contributed by atoms with Crippen LogP contribution in [0.5, 0.6) is 23.0 Å². The Labute approximate surface area is 238 Å². The second-order valence-corrected chi connectivity index (χ2v) is 14.3. The summed E-state index contributed by atoms with van der Waals surface area (Å²) in [4.78, 5) is 0. The molecule has 0 aromatic heterocycles. The van der Waals surface area contributed by atoms with Crippen LogP contribution in [-0.4, -0.2) is 0 Å². The predicted molar refractivity (Wildman–Crippen MR) is 169 cm³/mol. The molecule has 0 saturated carbocycles. The van der Waals surface area contributed by atoms with Gasteiger partial charge in [-0.25, -0.2) is 0 Å². The highest BCUT2D eigenvalue weighted by atomic mass is 32.4. The van der Waals surface area contributed by atoms with E-state index in [1.54, 1.807) is 0 Å². The van der Waals surface area contributed by atoms with E-state index in [-0.39, 0.29) is 0 Å². The maximum absolute atomic E-state index is 6.94. The molecular formula is C36H23O2PS. The van der Waals surface area contributed by atoms with Crippen molar-refractivity contribution in [3.05, 3.63) is 140 Å². The molecular weight excluding hydrogens is 527 g/mol. The van der Waals surface area contributed by atoms with E-state index in [0.717, 1.165) is 72.3 Å². The summed E-state index contributed by atoms with van der Waals surface area (Å²) >= 11 is 6.94. The molecule has 0 radical (unpaired) electrons. The first-order valence-corrected chi connectivity index (χ1v) is 16.1. The number of ether oxygens (including phenoxy) is 2. The molecule has 6 aromatic rings. The van der Waals surface area contributed by atoms with Gasteiger partial charge in [-0.3, -0.25) is 0 Å². The Hall–Kier alpha value is -4.43. The monoisotopic (exact) mass is 550 g/mol. The zero-order chi connectivity index (χ0) is 26.7. The average Bonchev–Trinajstić information content (AvgIpc) is 3.02. The summed E-state index contributed by atoms with van der Waals surface area (Å²) in [7, 11) is 0. The molecule has 2 aliphatic rings. The van der Waals surface area contributed by atoms with Crippen LogP contribution in [0.25, 0.3) is 33.4 Å². The fourth-order valence-electron chi connectivity index (χ4n) is 5.84. The van der Waals surface area contributed by atoms with Gasteiger partial charge in [-0.15, -0.1) is 0 Å². The first-order valence-electron chi connectivity index (χ1n) is 13.3. The molecule has 1 unspecified atom stereocenters. The number of benzene rings is 6. The molecule has 8 rings (SSSR count). The Kier molecular flexibility index (Phi) is 5.31. The highest BCUT2D eigenvalue weighted by Gasteiger charge is 2.45. The van der Waals surface area contributed by atoms with Gasteiger partial charge in [0.05, 0.1) is 11.3 Å². The minimum absolute atomic E-state index is 0.804. The maximum atomic E-state index is 6.94. The summed E-state index contributed by atoms with van der Waals surface area (Å²) in [6.45, 7) is 0. The Bertz CT molecular complexity index is 1910. The number of hydrogen-bond acceptors (Lipinski definition) is 3. The molecule has 190 valence electrons. The Morgan fingerprint density at radius 1 is 0.425 bits per heavy atom. The summed E-state index contributed by atoms with van der Waals surface area (Å²) in [5.74, 6) is 3.26. The zero-order valence-corrected chi connectivity index (χ0v) is 23.2. The van der Waals surface area contributed by atoms with Crippen molar-refractivity contribution in [1.82, 2.24) is 0 Å². The van der Waals surface area contributed by atoms with Crippen molar-refractivity contribution in [1.29, 1.82) is 0 Å². The van der Waals surface area contributed by atoms with Gasteiger partial charge in [0.2, 0.25) is 0 Å². The van der Waals surface area contributed by atoms with Crippen molar-refractivity contribution in [3.8, 4) is 56.4 Å². The second kappa shape index (κ2) is 9.06. The van der Waals surface area contributed by atoms with Crippen molar-refractivity contribution in [3.63, 3.8) is 0 Å². The van der Waals surface area contributed by atoms with E-state index in [9.17, 15) is 0 Å². The quantitative estimate of drug-likeness (QED) is 0.205. The van der Waals surface area contributed by atoms with Crippen LogP contribution in [0.2, 0.25) is 0 Å². The van der Waals surface area contributed by atoms with Crippen molar-refractivity contribution < 1.29 is 9.47 Å². The van der Waals surface area contributed by atoms with Gasteiger partial charge in [-0.05, 0) is 52.6 Å². The van der Waals surface area contributed by atoms with Crippen LogP contribution in [0.4, 0.5) is 0 Å². The Morgan fingerprint density at radius 2 is 0.925 bits per heavy atom. The van der Waals surface area contributed by atoms with Gasteiger partial charge in [-0.1, -0.05) is 121 Å². The molecule has 0 fully saturated rings. The van der Waals surface area contributed by atoms with Gasteiger partial charge < -0.3 is 9.47 Å². The van der Waals surface area contributed by atoms with Crippen LogP contribution in [0.3, 0.4) is 0 Å². The lowest BCUT2D eigenvalue weighted by atomic mass is 9.96. The lowest BCUT2D eigenvalue weighted by Gasteiger charge is -2.39. The van der Waals surface area contributed by atoms with Crippen LogP contribution >= 0.6 is 6.04 Å². The fourth-order valence-corrected chi connectivity index (χ4v) is 10.3. The van der Waals surface area contributed by atoms with Gasteiger partial charge in [0, 0.05) is 21.7 Å². The molecule has 0 spiro atoms. The van der Waals surface area contributed by atoms with E-state index in [4.69, 9.17) is 21.3 Å². The van der Waals surface area contributed by atoms with Crippen LogP contribution < -0.4 is 25.4 Å². The average molecular weight is 551 g/mol. The molecule has 0 aliphatic carbocycles. The highest BCUT2D eigenvalue weighted by molar-refractivity contribution is 8.26. The smallest absolute Gasteiger partial charge is 0.148 e. The summed E-state index contributed by atoms with van der Waals surface area (Å²) in [5.41, 5.74) is 6.50. The van der Waals surface area contributed by atoms with Crippen molar-refractivity contribution in [2.45, 2.75) is 0 Å². The van der Waals surface area contributed by atoms with Crippen molar-refractivity contribution >= 4 is 33.8 Å².